The smallest absolute Gasteiger partial charge is 0.481 e. The predicted octanol–water partition coefficient (Wildman–Crippen LogP) is 5.02. The number of ether oxygens (including phenoxy) is 1. The molecule has 0 fully saturated rings. The third-order valence-corrected chi connectivity index (χ3v) is 6.89. The summed E-state index contributed by atoms with van der Waals surface area (Å²) in [5.74, 6) is -2.39. The van der Waals surface area contributed by atoms with Crippen molar-refractivity contribution >= 4 is 20.1 Å². The zero-order valence-electron chi connectivity index (χ0n) is 18.7. The van der Waals surface area contributed by atoms with Gasteiger partial charge in [0.15, 0.2) is 0 Å². The van der Waals surface area contributed by atoms with Gasteiger partial charge in [-0.25, -0.2) is 4.79 Å². The number of rotatable bonds is 10. The van der Waals surface area contributed by atoms with Crippen molar-refractivity contribution in [3.63, 3.8) is 0 Å². The van der Waals surface area contributed by atoms with Crippen molar-refractivity contribution < 1.29 is 28.9 Å². The molecule has 0 radical (unpaired) electrons. The quantitative estimate of drug-likeness (QED) is 0.352. The van der Waals surface area contributed by atoms with E-state index in [0.717, 1.165) is 16.7 Å². The van der Waals surface area contributed by atoms with Gasteiger partial charge in [-0.3, -0.25) is 4.79 Å². The van der Waals surface area contributed by atoms with Gasteiger partial charge in [-0.15, -0.1) is 0 Å². The second kappa shape index (κ2) is 12.1. The summed E-state index contributed by atoms with van der Waals surface area (Å²) in [6.07, 6.45) is -0.739. The van der Waals surface area contributed by atoms with Crippen LogP contribution in [0.1, 0.15) is 18.1 Å². The fourth-order valence-corrected chi connectivity index (χ4v) is 4.80. The first-order valence-corrected chi connectivity index (χ1v) is 12.1. The Kier molecular flexibility index (Phi) is 8.91. The fraction of sp³-hybridized carbons (Fsp3) is 0.231. The number of carboxylic acids is 1. The van der Waals surface area contributed by atoms with E-state index in [1.54, 1.807) is 12.1 Å². The number of aliphatic carboxylic acids is 1. The Labute approximate surface area is 199 Å². The molecule has 1 amide bonds. The molecule has 0 heterocycles. The number of hydrogen-bond donors (Lipinski definition) is 3. The van der Waals surface area contributed by atoms with Crippen LogP contribution >= 0.6 is 8.03 Å². The maximum atomic E-state index is 12.2. The molecule has 0 aliphatic carbocycles. The first-order chi connectivity index (χ1) is 16.3. The molecule has 0 aromatic heterocycles. The van der Waals surface area contributed by atoms with E-state index in [0.29, 0.717) is 5.56 Å². The molecule has 0 saturated carbocycles. The van der Waals surface area contributed by atoms with E-state index in [9.17, 15) is 24.2 Å². The van der Waals surface area contributed by atoms with Crippen LogP contribution in [0.4, 0.5) is 4.79 Å². The SMILES string of the molecule is CC(NC(=O)OCc1ccccc1)C(C(Cc1ccc(-c2ccccc2)cc1)C(=O)O)[P+](=O)O. The van der Waals surface area contributed by atoms with Gasteiger partial charge in [-0.1, -0.05) is 84.9 Å². The highest BCUT2D eigenvalue weighted by Crippen LogP contribution is 2.34. The first-order valence-electron chi connectivity index (χ1n) is 10.8. The van der Waals surface area contributed by atoms with Gasteiger partial charge in [0, 0.05) is 0 Å². The molecule has 3 aromatic rings. The predicted molar refractivity (Wildman–Crippen MR) is 130 cm³/mol. The van der Waals surface area contributed by atoms with Gasteiger partial charge in [0.1, 0.15) is 12.5 Å². The lowest BCUT2D eigenvalue weighted by molar-refractivity contribution is -0.142. The van der Waals surface area contributed by atoms with E-state index in [1.807, 2.05) is 72.8 Å². The summed E-state index contributed by atoms with van der Waals surface area (Å²) in [5, 5.41) is 12.4. The Balaban J connectivity index is 1.67. The standard InChI is InChI=1S/C26H26NO6P/c1-18(27-26(30)33-17-20-8-4-2-5-9-20)24(34(31)32)23(25(28)29)16-19-12-14-22(15-13-19)21-10-6-3-7-11-21/h2-15,18,23-24H,16-17H2,1H3,(H2-,27,28,29,30,31,32)/p+1. The van der Waals surface area contributed by atoms with Crippen LogP contribution in [0.15, 0.2) is 84.9 Å². The molecule has 4 unspecified atom stereocenters. The Morgan fingerprint density at radius 1 is 0.882 bits per heavy atom. The van der Waals surface area contributed by atoms with Crippen LogP contribution < -0.4 is 5.32 Å². The van der Waals surface area contributed by atoms with Crippen LogP contribution in [0.2, 0.25) is 0 Å². The number of amides is 1. The van der Waals surface area contributed by atoms with Crippen LogP contribution in [-0.2, 0) is 27.1 Å². The molecule has 8 heteroatoms. The van der Waals surface area contributed by atoms with Crippen molar-refractivity contribution in [2.45, 2.75) is 31.7 Å². The molecular weight excluding hydrogens is 453 g/mol. The lowest BCUT2D eigenvalue weighted by Gasteiger charge is -2.21. The minimum absolute atomic E-state index is 0.0332. The van der Waals surface area contributed by atoms with Crippen LogP contribution in [0.25, 0.3) is 11.1 Å². The van der Waals surface area contributed by atoms with Gasteiger partial charge in [0.2, 0.25) is 5.66 Å². The minimum atomic E-state index is -2.90. The Morgan fingerprint density at radius 2 is 1.44 bits per heavy atom. The second-order valence-electron chi connectivity index (χ2n) is 8.00. The summed E-state index contributed by atoms with van der Waals surface area (Å²) in [7, 11) is -2.90. The van der Waals surface area contributed by atoms with E-state index < -0.39 is 37.7 Å². The van der Waals surface area contributed by atoms with Crippen LogP contribution in [0.3, 0.4) is 0 Å². The van der Waals surface area contributed by atoms with Gasteiger partial charge < -0.3 is 15.2 Å². The third-order valence-electron chi connectivity index (χ3n) is 5.57. The largest absolute Gasteiger partial charge is 0.511 e. The molecule has 0 aliphatic heterocycles. The molecule has 3 aromatic carbocycles. The monoisotopic (exact) mass is 480 g/mol. The fourth-order valence-electron chi connectivity index (χ4n) is 3.80. The molecular formula is C26H27NO6P+. The highest BCUT2D eigenvalue weighted by molar-refractivity contribution is 7.39. The number of carbonyl (C=O) groups excluding carboxylic acids is 1. The van der Waals surface area contributed by atoms with Crippen LogP contribution in [-0.4, -0.2) is 33.8 Å². The Morgan fingerprint density at radius 3 is 2.00 bits per heavy atom. The van der Waals surface area contributed by atoms with Gasteiger partial charge in [0.05, 0.1) is 6.04 Å². The van der Waals surface area contributed by atoms with E-state index in [1.165, 1.54) is 6.92 Å². The summed E-state index contributed by atoms with van der Waals surface area (Å²) in [6.45, 7) is 1.54. The molecule has 0 bridgehead atoms. The zero-order chi connectivity index (χ0) is 24.5. The summed E-state index contributed by atoms with van der Waals surface area (Å²) in [6, 6.07) is 25.3. The van der Waals surface area contributed by atoms with Gasteiger partial charge in [-0.05, 0) is 40.2 Å². The summed E-state index contributed by atoms with van der Waals surface area (Å²) in [5.41, 5.74) is 2.32. The maximum absolute atomic E-state index is 12.2. The number of hydrogen-bond acceptors (Lipinski definition) is 4. The minimum Gasteiger partial charge on any atom is -0.481 e. The molecule has 4 atom stereocenters. The maximum Gasteiger partial charge on any atom is 0.511 e. The van der Waals surface area contributed by atoms with Crippen LogP contribution in [0.5, 0.6) is 0 Å². The number of alkyl carbamates (subject to hydrolysis) is 1. The molecule has 0 aliphatic rings. The van der Waals surface area contributed by atoms with E-state index in [4.69, 9.17) is 4.74 Å². The lowest BCUT2D eigenvalue weighted by atomic mass is 9.91. The summed E-state index contributed by atoms with van der Waals surface area (Å²) >= 11 is 0. The number of benzene rings is 3. The van der Waals surface area contributed by atoms with Gasteiger partial charge in [-0.2, -0.15) is 4.89 Å². The summed E-state index contributed by atoms with van der Waals surface area (Å²) < 4.78 is 17.3. The van der Waals surface area contributed by atoms with Crippen molar-refractivity contribution in [2.75, 3.05) is 0 Å². The first kappa shape index (κ1) is 25.1. The van der Waals surface area contributed by atoms with Crippen molar-refractivity contribution in [2.24, 2.45) is 5.92 Å². The number of carboxylic acid groups (broad SMARTS) is 1. The zero-order valence-corrected chi connectivity index (χ0v) is 19.6. The Hall–Kier alpha value is -3.54. The topological polar surface area (TPSA) is 113 Å². The molecule has 0 spiro atoms. The number of nitrogens with one attached hydrogen (secondary N) is 1. The number of carbonyl (C=O) groups is 2. The highest BCUT2D eigenvalue weighted by atomic mass is 31.1. The molecule has 3 N–H and O–H groups in total. The molecule has 3 rings (SSSR count). The molecule has 176 valence electrons. The van der Waals surface area contributed by atoms with Crippen LogP contribution in [0, 0.1) is 5.92 Å². The van der Waals surface area contributed by atoms with Crippen molar-refractivity contribution in [1.29, 1.82) is 0 Å². The van der Waals surface area contributed by atoms with E-state index in [2.05, 4.69) is 5.32 Å². The van der Waals surface area contributed by atoms with Crippen molar-refractivity contribution in [3.05, 3.63) is 96.1 Å². The molecule has 7 nitrogen and oxygen atoms in total. The summed E-state index contributed by atoms with van der Waals surface area (Å²) in [4.78, 5) is 34.2. The molecule has 0 saturated heterocycles. The molecule has 34 heavy (non-hydrogen) atoms. The van der Waals surface area contributed by atoms with Crippen molar-refractivity contribution in [3.8, 4) is 11.1 Å². The van der Waals surface area contributed by atoms with E-state index in [-0.39, 0.29) is 13.0 Å². The van der Waals surface area contributed by atoms with Gasteiger partial charge >= 0.3 is 20.1 Å². The van der Waals surface area contributed by atoms with Crippen molar-refractivity contribution in [1.82, 2.24) is 5.32 Å². The van der Waals surface area contributed by atoms with Gasteiger partial charge in [0.25, 0.3) is 0 Å². The Bertz CT molecular complexity index is 1110. The van der Waals surface area contributed by atoms with E-state index >= 15 is 0 Å². The average molecular weight is 480 g/mol. The second-order valence-corrected chi connectivity index (χ2v) is 9.20. The highest BCUT2D eigenvalue weighted by Gasteiger charge is 2.46. The lowest BCUT2D eigenvalue weighted by Crippen LogP contribution is -2.45. The third kappa shape index (κ3) is 6.98. The normalized spacial score (nSPS) is 13.9. The average Bonchev–Trinajstić information content (AvgIpc) is 2.83.